The van der Waals surface area contributed by atoms with E-state index >= 15 is 0 Å². The molecule has 0 spiro atoms. The minimum Gasteiger partial charge on any atom is -0.354 e. The molecule has 0 aliphatic carbocycles. The van der Waals surface area contributed by atoms with Crippen molar-refractivity contribution < 1.29 is 4.79 Å². The van der Waals surface area contributed by atoms with Crippen molar-refractivity contribution in [1.82, 2.24) is 15.5 Å². The van der Waals surface area contributed by atoms with Crippen LogP contribution in [0, 0.1) is 5.41 Å². The summed E-state index contributed by atoms with van der Waals surface area (Å²) in [5.41, 5.74) is -0.333. The number of rotatable bonds is 4. The Hall–Kier alpha value is -0.180. The maximum atomic E-state index is 11.8. The van der Waals surface area contributed by atoms with Crippen molar-refractivity contribution in [3.8, 4) is 0 Å². The predicted molar refractivity (Wildman–Crippen MR) is 107 cm³/mol. The Morgan fingerprint density at radius 2 is 1.95 bits per heavy atom. The quantitative estimate of drug-likeness (QED) is 0.303. The van der Waals surface area contributed by atoms with Gasteiger partial charge < -0.3 is 15.5 Å². The molecule has 0 aromatic rings. The van der Waals surface area contributed by atoms with Crippen molar-refractivity contribution in [1.29, 1.82) is 0 Å². The van der Waals surface area contributed by atoms with Gasteiger partial charge in [-0.3, -0.25) is 9.79 Å². The van der Waals surface area contributed by atoms with E-state index in [2.05, 4.69) is 27.4 Å². The normalized spacial score (nSPS) is 19.4. The molecule has 1 atom stereocenters. The second kappa shape index (κ2) is 10.6. The first-order chi connectivity index (χ1) is 9.88. The average Bonchev–Trinajstić information content (AvgIpc) is 2.46. The number of aliphatic imine (C=N–C) groups is 1. The molecule has 0 bridgehead atoms. The van der Waals surface area contributed by atoms with Crippen LogP contribution in [0.15, 0.2) is 4.99 Å². The van der Waals surface area contributed by atoms with Crippen LogP contribution in [0.3, 0.4) is 0 Å². The first kappa shape index (κ1) is 21.8. The van der Waals surface area contributed by atoms with Crippen LogP contribution in [0.25, 0.3) is 0 Å². The summed E-state index contributed by atoms with van der Waals surface area (Å²) in [6.45, 7) is 11.4. The number of thioether (sulfide) groups is 1. The molecule has 1 rings (SSSR count). The minimum absolute atomic E-state index is 0. The second-order valence-corrected chi connectivity index (χ2v) is 7.74. The van der Waals surface area contributed by atoms with Crippen LogP contribution in [-0.4, -0.2) is 61.0 Å². The van der Waals surface area contributed by atoms with Gasteiger partial charge in [-0.15, -0.1) is 24.0 Å². The summed E-state index contributed by atoms with van der Waals surface area (Å²) in [5.74, 6) is 2.18. The van der Waals surface area contributed by atoms with Crippen LogP contribution >= 0.6 is 35.7 Å². The Bertz CT molecular complexity index is 371. The Balaban J connectivity index is 0.00000441. The van der Waals surface area contributed by atoms with E-state index in [1.54, 1.807) is 0 Å². The maximum absolute atomic E-state index is 11.8. The number of amides is 1. The Morgan fingerprint density at radius 1 is 1.32 bits per heavy atom. The van der Waals surface area contributed by atoms with Crippen molar-refractivity contribution in [3.63, 3.8) is 0 Å². The second-order valence-electron chi connectivity index (χ2n) is 6.33. The maximum Gasteiger partial charge on any atom is 0.225 e. The number of guanidine groups is 1. The van der Waals surface area contributed by atoms with Gasteiger partial charge in [-0.2, -0.15) is 11.8 Å². The molecule has 7 heteroatoms. The van der Waals surface area contributed by atoms with E-state index in [0.717, 1.165) is 24.8 Å². The van der Waals surface area contributed by atoms with Crippen molar-refractivity contribution in [2.45, 2.75) is 39.4 Å². The smallest absolute Gasteiger partial charge is 0.225 e. The van der Waals surface area contributed by atoms with E-state index in [9.17, 15) is 4.79 Å². The number of halogens is 1. The van der Waals surface area contributed by atoms with Crippen LogP contribution in [0.5, 0.6) is 0 Å². The average molecular weight is 442 g/mol. The fourth-order valence-electron chi connectivity index (χ4n) is 2.11. The van der Waals surface area contributed by atoms with Gasteiger partial charge in [0.05, 0.1) is 0 Å². The zero-order chi connectivity index (χ0) is 15.9. The summed E-state index contributed by atoms with van der Waals surface area (Å²) in [6, 6.07) is 0. The lowest BCUT2D eigenvalue weighted by molar-refractivity contribution is -0.128. The summed E-state index contributed by atoms with van der Waals surface area (Å²) >= 11 is 2.05. The van der Waals surface area contributed by atoms with Gasteiger partial charge in [0, 0.05) is 49.6 Å². The van der Waals surface area contributed by atoms with Gasteiger partial charge in [0.1, 0.15) is 0 Å². The zero-order valence-corrected chi connectivity index (χ0v) is 17.6. The lowest BCUT2D eigenvalue weighted by Gasteiger charge is -2.34. The summed E-state index contributed by atoms with van der Waals surface area (Å²) in [4.78, 5) is 18.5. The van der Waals surface area contributed by atoms with Crippen molar-refractivity contribution >= 4 is 47.6 Å². The standard InChI is InChI=1S/C15H30N4OS.HI/c1-6-12-11-19(9-10-21-12)14(16-5)18-8-7-17-13(20)15(2,3)4;/h12H,6-11H2,1-5H3,(H,16,18)(H,17,20);1H. The summed E-state index contributed by atoms with van der Waals surface area (Å²) in [5, 5.41) is 6.98. The number of nitrogens with zero attached hydrogens (tertiary/aromatic N) is 2. The fourth-order valence-corrected chi connectivity index (χ4v) is 3.29. The molecule has 0 saturated carbocycles. The number of hydrogen-bond acceptors (Lipinski definition) is 3. The Kier molecular flexibility index (Phi) is 10.5. The summed E-state index contributed by atoms with van der Waals surface area (Å²) in [7, 11) is 1.82. The van der Waals surface area contributed by atoms with Crippen LogP contribution < -0.4 is 10.6 Å². The van der Waals surface area contributed by atoms with Gasteiger partial charge in [-0.25, -0.2) is 0 Å². The van der Waals surface area contributed by atoms with E-state index < -0.39 is 0 Å². The number of carbonyl (C=O) groups is 1. The van der Waals surface area contributed by atoms with Gasteiger partial charge in [0.25, 0.3) is 0 Å². The van der Waals surface area contributed by atoms with Crippen molar-refractivity contribution in [2.24, 2.45) is 10.4 Å². The van der Waals surface area contributed by atoms with Crippen LogP contribution in [0.4, 0.5) is 0 Å². The molecule has 22 heavy (non-hydrogen) atoms. The molecule has 2 N–H and O–H groups in total. The highest BCUT2D eigenvalue weighted by Crippen LogP contribution is 2.20. The molecular weight excluding hydrogens is 411 g/mol. The highest BCUT2D eigenvalue weighted by Gasteiger charge is 2.22. The third-order valence-corrected chi connectivity index (χ3v) is 4.85. The highest BCUT2D eigenvalue weighted by molar-refractivity contribution is 14.0. The van der Waals surface area contributed by atoms with E-state index in [4.69, 9.17) is 0 Å². The fraction of sp³-hybridized carbons (Fsp3) is 0.867. The monoisotopic (exact) mass is 442 g/mol. The van der Waals surface area contributed by atoms with E-state index in [1.165, 1.54) is 6.42 Å². The van der Waals surface area contributed by atoms with E-state index in [1.807, 2.05) is 39.6 Å². The number of nitrogens with one attached hydrogen (secondary N) is 2. The molecule has 1 heterocycles. The van der Waals surface area contributed by atoms with Crippen LogP contribution in [0.2, 0.25) is 0 Å². The third kappa shape index (κ3) is 7.39. The first-order valence-electron chi connectivity index (χ1n) is 7.74. The predicted octanol–water partition coefficient (Wildman–Crippen LogP) is 2.17. The molecular formula is C15H31IN4OS. The van der Waals surface area contributed by atoms with Crippen molar-refractivity contribution in [2.75, 3.05) is 39.0 Å². The molecule has 1 saturated heterocycles. The first-order valence-corrected chi connectivity index (χ1v) is 8.78. The molecule has 1 fully saturated rings. The van der Waals surface area contributed by atoms with Crippen LogP contribution in [-0.2, 0) is 4.79 Å². The van der Waals surface area contributed by atoms with Gasteiger partial charge in [0.2, 0.25) is 5.91 Å². The summed E-state index contributed by atoms with van der Waals surface area (Å²) in [6.07, 6.45) is 1.19. The lowest BCUT2D eigenvalue weighted by Crippen LogP contribution is -2.49. The largest absolute Gasteiger partial charge is 0.354 e. The topological polar surface area (TPSA) is 56.7 Å². The number of carbonyl (C=O) groups excluding carboxylic acids is 1. The lowest BCUT2D eigenvalue weighted by atomic mass is 9.96. The Morgan fingerprint density at radius 3 is 2.50 bits per heavy atom. The van der Waals surface area contributed by atoms with Gasteiger partial charge in [0.15, 0.2) is 5.96 Å². The molecule has 1 aliphatic heterocycles. The van der Waals surface area contributed by atoms with Crippen molar-refractivity contribution in [3.05, 3.63) is 0 Å². The molecule has 0 aromatic carbocycles. The summed E-state index contributed by atoms with van der Waals surface area (Å²) < 4.78 is 0. The van der Waals surface area contributed by atoms with E-state index in [0.29, 0.717) is 18.3 Å². The number of hydrogen-bond donors (Lipinski definition) is 2. The van der Waals surface area contributed by atoms with Gasteiger partial charge in [-0.1, -0.05) is 27.7 Å². The molecule has 1 amide bonds. The SMILES string of the molecule is CCC1CN(C(=NC)NCCNC(=O)C(C)(C)C)CCS1.I. The molecule has 1 unspecified atom stereocenters. The van der Waals surface area contributed by atoms with Gasteiger partial charge in [-0.05, 0) is 6.42 Å². The molecule has 1 aliphatic rings. The molecule has 5 nitrogen and oxygen atoms in total. The minimum atomic E-state index is -0.333. The Labute approximate surface area is 156 Å². The van der Waals surface area contributed by atoms with Crippen LogP contribution in [0.1, 0.15) is 34.1 Å². The van der Waals surface area contributed by atoms with E-state index in [-0.39, 0.29) is 35.3 Å². The molecule has 130 valence electrons. The molecule has 0 radical (unpaired) electrons. The zero-order valence-electron chi connectivity index (χ0n) is 14.4. The highest BCUT2D eigenvalue weighted by atomic mass is 127. The van der Waals surface area contributed by atoms with Gasteiger partial charge >= 0.3 is 0 Å². The molecule has 0 aromatic heterocycles. The third-order valence-electron chi connectivity index (χ3n) is 3.48.